The van der Waals surface area contributed by atoms with Crippen LogP contribution in [0.25, 0.3) is 0 Å². The number of nitrogens with zero attached hydrogens (tertiary/aromatic N) is 1. The minimum atomic E-state index is -0.283. The van der Waals surface area contributed by atoms with Crippen LogP contribution >= 0.6 is 22.9 Å². The number of alkyl carbamates (subject to hydrolysis) is 1. The van der Waals surface area contributed by atoms with E-state index < -0.39 is 0 Å². The van der Waals surface area contributed by atoms with Crippen molar-refractivity contribution in [2.75, 3.05) is 19.7 Å². The number of nitrogens with one attached hydrogen (secondary N) is 1. The summed E-state index contributed by atoms with van der Waals surface area (Å²) in [6.07, 6.45) is 1.75. The average Bonchev–Trinajstić information content (AvgIpc) is 2.09. The Balaban J connectivity index is 2.18. The monoisotopic (exact) mass is 298 g/mol. The molecule has 76 valence electrons. The molecule has 0 radical (unpaired) electrons. The normalized spacial score (nSPS) is 19.8. The molecule has 0 unspecified atom stereocenters. The summed E-state index contributed by atoms with van der Waals surface area (Å²) in [6, 6.07) is 0.296. The third-order valence-electron chi connectivity index (χ3n) is 2.04. The van der Waals surface area contributed by atoms with Crippen molar-refractivity contribution in [2.45, 2.75) is 25.8 Å². The summed E-state index contributed by atoms with van der Waals surface area (Å²) in [5, 5.41) is 2.85. The number of hydrogen-bond donors (Lipinski definition) is 1. The fourth-order valence-corrected chi connectivity index (χ4v) is 1.89. The molecule has 1 N–H and O–H groups in total. The molecular formula is C8H15IN2O2. The van der Waals surface area contributed by atoms with Crippen molar-refractivity contribution in [3.63, 3.8) is 0 Å². The molecule has 0 aliphatic carbocycles. The predicted octanol–water partition coefficient (Wildman–Crippen LogP) is 1.55. The fraction of sp³-hybridized carbons (Fsp3) is 0.875. The lowest BCUT2D eigenvalue weighted by Gasteiger charge is -2.27. The maximum atomic E-state index is 11.0. The lowest BCUT2D eigenvalue weighted by molar-refractivity contribution is 0.144. The van der Waals surface area contributed by atoms with Gasteiger partial charge in [-0.1, -0.05) is 0 Å². The van der Waals surface area contributed by atoms with Crippen molar-refractivity contribution in [1.82, 2.24) is 8.43 Å². The molecule has 0 atom stereocenters. The molecule has 1 rings (SSSR count). The SMILES string of the molecule is CCOC(=O)NC1CCN(I)CC1. The van der Waals surface area contributed by atoms with Crippen LogP contribution in [0.4, 0.5) is 4.79 Å². The van der Waals surface area contributed by atoms with E-state index in [1.807, 2.05) is 6.92 Å². The molecule has 0 aromatic heterocycles. The molecule has 0 bridgehead atoms. The summed E-state index contributed by atoms with van der Waals surface area (Å²) in [6.45, 7) is 4.33. The standard InChI is InChI=1S/C8H15IN2O2/c1-2-13-8(12)10-7-3-5-11(9)6-4-7/h7H,2-6H2,1H3,(H,10,12). The van der Waals surface area contributed by atoms with Gasteiger partial charge in [0, 0.05) is 42.0 Å². The van der Waals surface area contributed by atoms with Crippen LogP contribution in [0.1, 0.15) is 19.8 Å². The second kappa shape index (κ2) is 5.64. The van der Waals surface area contributed by atoms with E-state index in [0.717, 1.165) is 25.9 Å². The predicted molar refractivity (Wildman–Crippen MR) is 58.8 cm³/mol. The van der Waals surface area contributed by atoms with Crippen molar-refractivity contribution < 1.29 is 9.53 Å². The molecule has 0 saturated carbocycles. The Morgan fingerprint density at radius 3 is 2.77 bits per heavy atom. The number of carbonyl (C=O) groups is 1. The van der Waals surface area contributed by atoms with Crippen LogP contribution < -0.4 is 5.32 Å². The molecule has 1 aliphatic rings. The summed E-state index contributed by atoms with van der Waals surface area (Å²) in [5.41, 5.74) is 0. The first-order valence-electron chi connectivity index (χ1n) is 4.56. The van der Waals surface area contributed by atoms with Crippen LogP contribution in [0.5, 0.6) is 0 Å². The number of amides is 1. The molecule has 13 heavy (non-hydrogen) atoms. The average molecular weight is 298 g/mol. The Labute approximate surface area is 92.5 Å². The first-order chi connectivity index (χ1) is 6.22. The molecule has 0 spiro atoms. The Morgan fingerprint density at radius 2 is 2.23 bits per heavy atom. The first kappa shape index (κ1) is 11.0. The van der Waals surface area contributed by atoms with E-state index in [1.165, 1.54) is 0 Å². The maximum absolute atomic E-state index is 11.0. The van der Waals surface area contributed by atoms with Crippen molar-refractivity contribution in [3.05, 3.63) is 0 Å². The second-order valence-corrected chi connectivity index (χ2v) is 4.41. The van der Waals surface area contributed by atoms with E-state index in [1.54, 1.807) is 0 Å². The largest absolute Gasteiger partial charge is 0.450 e. The highest BCUT2D eigenvalue weighted by molar-refractivity contribution is 14.1. The highest BCUT2D eigenvalue weighted by Gasteiger charge is 2.19. The summed E-state index contributed by atoms with van der Waals surface area (Å²) >= 11 is 2.31. The Morgan fingerprint density at radius 1 is 1.62 bits per heavy atom. The van der Waals surface area contributed by atoms with E-state index in [9.17, 15) is 4.79 Å². The Hall–Kier alpha value is -0.0400. The molecule has 1 amide bonds. The van der Waals surface area contributed by atoms with Crippen LogP contribution in [0, 0.1) is 0 Å². The van der Waals surface area contributed by atoms with Gasteiger partial charge in [-0.2, -0.15) is 0 Å². The fourth-order valence-electron chi connectivity index (χ4n) is 1.33. The van der Waals surface area contributed by atoms with Gasteiger partial charge in [0.2, 0.25) is 0 Å². The third kappa shape index (κ3) is 4.12. The zero-order valence-electron chi connectivity index (χ0n) is 7.75. The minimum absolute atomic E-state index is 0.283. The van der Waals surface area contributed by atoms with Crippen LogP contribution in [0.2, 0.25) is 0 Å². The van der Waals surface area contributed by atoms with Gasteiger partial charge < -0.3 is 10.1 Å². The number of piperidine rings is 1. The number of carbonyl (C=O) groups excluding carboxylic acids is 1. The smallest absolute Gasteiger partial charge is 0.407 e. The van der Waals surface area contributed by atoms with E-state index in [2.05, 4.69) is 31.3 Å². The lowest BCUT2D eigenvalue weighted by Crippen LogP contribution is -2.42. The summed E-state index contributed by atoms with van der Waals surface area (Å²) < 4.78 is 7.04. The van der Waals surface area contributed by atoms with Crippen LogP contribution in [-0.2, 0) is 4.74 Å². The molecule has 5 heteroatoms. The summed E-state index contributed by atoms with van der Waals surface area (Å²) in [4.78, 5) is 11.0. The van der Waals surface area contributed by atoms with Crippen LogP contribution in [0.15, 0.2) is 0 Å². The van der Waals surface area contributed by atoms with Gasteiger partial charge in [0.25, 0.3) is 0 Å². The van der Waals surface area contributed by atoms with Crippen molar-refractivity contribution in [1.29, 1.82) is 0 Å². The second-order valence-electron chi connectivity index (χ2n) is 3.05. The van der Waals surface area contributed by atoms with Crippen molar-refractivity contribution >= 4 is 29.0 Å². The van der Waals surface area contributed by atoms with E-state index >= 15 is 0 Å². The number of halogens is 1. The van der Waals surface area contributed by atoms with Gasteiger partial charge >= 0.3 is 6.09 Å². The third-order valence-corrected chi connectivity index (χ3v) is 3.00. The molecule has 1 aliphatic heterocycles. The highest BCUT2D eigenvalue weighted by Crippen LogP contribution is 2.13. The van der Waals surface area contributed by atoms with Crippen molar-refractivity contribution in [2.24, 2.45) is 0 Å². The van der Waals surface area contributed by atoms with E-state index in [-0.39, 0.29) is 6.09 Å². The topological polar surface area (TPSA) is 41.6 Å². The maximum Gasteiger partial charge on any atom is 0.407 e. The summed E-state index contributed by atoms with van der Waals surface area (Å²) in [5.74, 6) is 0. The zero-order valence-corrected chi connectivity index (χ0v) is 9.91. The minimum Gasteiger partial charge on any atom is -0.450 e. The Kier molecular flexibility index (Phi) is 4.79. The van der Waals surface area contributed by atoms with Crippen molar-refractivity contribution in [3.8, 4) is 0 Å². The lowest BCUT2D eigenvalue weighted by atomic mass is 10.1. The molecule has 1 saturated heterocycles. The molecule has 1 fully saturated rings. The van der Waals surface area contributed by atoms with Gasteiger partial charge in [-0.05, 0) is 19.8 Å². The number of rotatable bonds is 2. The van der Waals surface area contributed by atoms with E-state index in [4.69, 9.17) is 4.74 Å². The highest BCUT2D eigenvalue weighted by atomic mass is 127. The quantitative estimate of drug-likeness (QED) is 0.621. The molecule has 1 heterocycles. The first-order valence-corrected chi connectivity index (χ1v) is 5.53. The van der Waals surface area contributed by atoms with Gasteiger partial charge in [-0.25, -0.2) is 7.91 Å². The summed E-state index contributed by atoms with van der Waals surface area (Å²) in [7, 11) is 0. The van der Waals surface area contributed by atoms with Gasteiger partial charge in [0.1, 0.15) is 0 Å². The van der Waals surface area contributed by atoms with Gasteiger partial charge in [-0.3, -0.25) is 0 Å². The van der Waals surface area contributed by atoms with Crippen LogP contribution in [0.3, 0.4) is 0 Å². The molecule has 0 aromatic rings. The number of ether oxygens (including phenoxy) is 1. The van der Waals surface area contributed by atoms with Gasteiger partial charge in [-0.15, -0.1) is 0 Å². The molecule has 0 aromatic carbocycles. The van der Waals surface area contributed by atoms with Crippen LogP contribution in [-0.4, -0.2) is 34.9 Å². The van der Waals surface area contributed by atoms with E-state index in [0.29, 0.717) is 12.6 Å². The number of hydrogen-bond acceptors (Lipinski definition) is 3. The van der Waals surface area contributed by atoms with Gasteiger partial charge in [0.05, 0.1) is 6.61 Å². The zero-order chi connectivity index (χ0) is 9.68. The van der Waals surface area contributed by atoms with Gasteiger partial charge in [0.15, 0.2) is 0 Å². The molecular weight excluding hydrogens is 283 g/mol. The molecule has 4 nitrogen and oxygen atoms in total. The Bertz CT molecular complexity index is 170.